The van der Waals surface area contributed by atoms with Crippen molar-refractivity contribution in [3.63, 3.8) is 0 Å². The van der Waals surface area contributed by atoms with Gasteiger partial charge in [-0.1, -0.05) is 29.8 Å². The third-order valence-corrected chi connectivity index (χ3v) is 7.73. The topological polar surface area (TPSA) is 131 Å². The Kier molecular flexibility index (Phi) is 7.99. The largest absolute Gasteiger partial charge is 0.477 e. The average molecular weight is 656 g/mol. The lowest BCUT2D eigenvalue weighted by Gasteiger charge is -2.29. The number of rotatable bonds is 2. The average Bonchev–Trinajstić information content (AvgIpc) is 3.40. The van der Waals surface area contributed by atoms with Crippen molar-refractivity contribution in [1.82, 2.24) is 14.6 Å². The normalized spacial score (nSPS) is 18.6. The molecule has 5 rings (SSSR count). The van der Waals surface area contributed by atoms with Crippen molar-refractivity contribution in [1.29, 1.82) is 0 Å². The molecule has 2 amide bonds. The summed E-state index contributed by atoms with van der Waals surface area (Å²) in [5.41, 5.74) is -1.14. The maximum atomic E-state index is 14.2. The van der Waals surface area contributed by atoms with Crippen LogP contribution in [0.15, 0.2) is 47.5 Å². The van der Waals surface area contributed by atoms with Gasteiger partial charge >= 0.3 is 18.2 Å². The monoisotopic (exact) mass is 654 g/mol. The van der Waals surface area contributed by atoms with Gasteiger partial charge in [0.2, 0.25) is 0 Å². The highest BCUT2D eigenvalue weighted by molar-refractivity contribution is 6.51. The van der Waals surface area contributed by atoms with Crippen molar-refractivity contribution in [2.75, 3.05) is 11.6 Å². The number of allylic oxidation sites excluding steroid dienone is 1. The Morgan fingerprint density at radius 1 is 0.978 bits per heavy atom. The van der Waals surface area contributed by atoms with E-state index < -0.39 is 40.6 Å². The van der Waals surface area contributed by atoms with Crippen LogP contribution in [0.25, 0.3) is 22.0 Å². The Morgan fingerprint density at radius 2 is 1.60 bits per heavy atom. The lowest BCUT2D eigenvalue weighted by atomic mass is 9.98. The molecule has 1 atom stereocenters. The van der Waals surface area contributed by atoms with Crippen LogP contribution in [0.5, 0.6) is 0 Å². The molecule has 1 N–H and O–H groups in total. The van der Waals surface area contributed by atoms with Crippen molar-refractivity contribution in [3.05, 3.63) is 69.4 Å². The SMILES string of the molecule is Cc1c(C(=O)O)n(C(=O)OC(C)(C)C)c2c1=C(Cl)C(=C1CN(C(=O)OC(C)(C)C)N(c3ccc4ccccc4n3)C1=O)C(Cl)C=2. The highest BCUT2D eigenvalue weighted by Crippen LogP contribution is 2.36. The first-order chi connectivity index (χ1) is 20.9. The molecule has 1 aromatic carbocycles. The third kappa shape index (κ3) is 5.89. The number of aromatic carboxylic acids is 1. The quantitative estimate of drug-likeness (QED) is 0.299. The standard InChI is InChI=1S/C32H32Cl2N4O7/c1-16-23-21(37(26(16)28(40)41)30(43)45-32(5,6)7)14-19(33)24(25(23)34)18-15-36(29(42)44-31(2,3)4)38(27(18)39)22-13-12-17-10-8-9-11-20(17)35-22/h8-14,19H,15H2,1-7H3,(H,40,41). The lowest BCUT2D eigenvalue weighted by molar-refractivity contribution is -0.115. The fourth-order valence-corrected chi connectivity index (χ4v) is 6.15. The number of aromatic nitrogens is 2. The summed E-state index contributed by atoms with van der Waals surface area (Å²) in [4.78, 5) is 57.9. The molecule has 0 radical (unpaired) electrons. The van der Waals surface area contributed by atoms with Crippen molar-refractivity contribution in [3.8, 4) is 0 Å². The Bertz CT molecular complexity index is 1950. The van der Waals surface area contributed by atoms with Crippen molar-refractivity contribution < 1.29 is 33.8 Å². The molecule has 0 saturated carbocycles. The molecule has 1 aliphatic carbocycles. The molecule has 236 valence electrons. The van der Waals surface area contributed by atoms with Crippen LogP contribution in [0.1, 0.15) is 57.6 Å². The summed E-state index contributed by atoms with van der Waals surface area (Å²) < 4.78 is 12.0. The van der Waals surface area contributed by atoms with E-state index in [1.807, 2.05) is 18.2 Å². The van der Waals surface area contributed by atoms with E-state index >= 15 is 0 Å². The number of ether oxygens (including phenoxy) is 2. The number of hydrazine groups is 1. The van der Waals surface area contributed by atoms with Gasteiger partial charge in [-0.3, -0.25) is 4.79 Å². The van der Waals surface area contributed by atoms with Crippen LogP contribution >= 0.6 is 23.2 Å². The second-order valence-corrected chi connectivity index (χ2v) is 13.5. The predicted molar refractivity (Wildman–Crippen MR) is 170 cm³/mol. The predicted octanol–water partition coefficient (Wildman–Crippen LogP) is 5.07. The van der Waals surface area contributed by atoms with Crippen LogP contribution in [0, 0.1) is 6.92 Å². The molecule has 2 aliphatic rings. The number of fused-ring (bicyclic) bond motifs is 2. The summed E-state index contributed by atoms with van der Waals surface area (Å²) in [6.45, 7) is 11.3. The first-order valence-corrected chi connectivity index (χ1v) is 14.9. The number of hydrogen-bond donors (Lipinski definition) is 1. The van der Waals surface area contributed by atoms with Gasteiger partial charge in [0.25, 0.3) is 5.91 Å². The summed E-state index contributed by atoms with van der Waals surface area (Å²) in [7, 11) is 0. The van der Waals surface area contributed by atoms with Crippen LogP contribution in [0.4, 0.5) is 15.4 Å². The Balaban J connectivity index is 1.73. The van der Waals surface area contributed by atoms with E-state index in [0.717, 1.165) is 20.0 Å². The van der Waals surface area contributed by atoms with E-state index in [4.69, 9.17) is 32.7 Å². The highest BCUT2D eigenvalue weighted by atomic mass is 35.5. The molecular weight excluding hydrogens is 623 g/mol. The zero-order valence-corrected chi connectivity index (χ0v) is 27.3. The number of carboxylic acids is 1. The Morgan fingerprint density at radius 3 is 2.22 bits per heavy atom. The zero-order valence-electron chi connectivity index (χ0n) is 25.8. The number of nitrogens with zero attached hydrogens (tertiary/aromatic N) is 4. The van der Waals surface area contributed by atoms with E-state index in [2.05, 4.69) is 4.98 Å². The van der Waals surface area contributed by atoms with Gasteiger partial charge in [-0.15, -0.1) is 11.6 Å². The number of alkyl halides is 1. The van der Waals surface area contributed by atoms with Crippen LogP contribution < -0.4 is 15.6 Å². The van der Waals surface area contributed by atoms with Crippen molar-refractivity contribution >= 4 is 75.1 Å². The van der Waals surface area contributed by atoms with E-state index in [1.165, 1.54) is 13.0 Å². The zero-order chi connectivity index (χ0) is 33.2. The van der Waals surface area contributed by atoms with Gasteiger partial charge in [0.05, 0.1) is 27.8 Å². The second kappa shape index (κ2) is 11.2. The highest BCUT2D eigenvalue weighted by Gasteiger charge is 2.44. The van der Waals surface area contributed by atoms with Crippen LogP contribution in [-0.2, 0) is 14.3 Å². The van der Waals surface area contributed by atoms with Crippen LogP contribution in [-0.4, -0.2) is 66.9 Å². The van der Waals surface area contributed by atoms with E-state index in [-0.39, 0.29) is 50.4 Å². The minimum absolute atomic E-state index is 0.0318. The van der Waals surface area contributed by atoms with Crippen LogP contribution in [0.2, 0.25) is 0 Å². The maximum absolute atomic E-state index is 14.2. The molecular formula is C32H32Cl2N4O7. The second-order valence-electron chi connectivity index (χ2n) is 12.6. The molecule has 11 nitrogen and oxygen atoms in total. The summed E-state index contributed by atoms with van der Waals surface area (Å²) in [6, 6.07) is 10.7. The molecule has 1 unspecified atom stereocenters. The molecule has 3 heterocycles. The smallest absolute Gasteiger partial charge is 0.430 e. The number of hydrogen-bond acceptors (Lipinski definition) is 7. The summed E-state index contributed by atoms with van der Waals surface area (Å²) in [5, 5.41) is 12.4. The van der Waals surface area contributed by atoms with Crippen molar-refractivity contribution in [2.24, 2.45) is 0 Å². The van der Waals surface area contributed by atoms with Gasteiger partial charge in [-0.2, -0.15) is 5.01 Å². The molecule has 13 heteroatoms. The minimum atomic E-state index is -1.38. The first kappa shape index (κ1) is 32.1. The number of halogens is 2. The Hall–Kier alpha value is -4.35. The van der Waals surface area contributed by atoms with Crippen LogP contribution in [0.3, 0.4) is 0 Å². The molecule has 2 aromatic heterocycles. The molecule has 1 aliphatic heterocycles. The summed E-state index contributed by atoms with van der Waals surface area (Å²) in [5.74, 6) is -1.84. The lowest BCUT2D eigenvalue weighted by Crippen LogP contribution is -2.46. The van der Waals surface area contributed by atoms with E-state index in [9.17, 15) is 24.3 Å². The fourth-order valence-electron chi connectivity index (χ4n) is 5.26. The molecule has 1 fully saturated rings. The maximum Gasteiger partial charge on any atom is 0.430 e. The molecule has 45 heavy (non-hydrogen) atoms. The number of anilines is 1. The van der Waals surface area contributed by atoms with Gasteiger partial charge < -0.3 is 14.6 Å². The van der Waals surface area contributed by atoms with Crippen molar-refractivity contribution in [2.45, 2.75) is 65.0 Å². The summed E-state index contributed by atoms with van der Waals surface area (Å²) in [6.07, 6.45) is -0.285. The van der Waals surface area contributed by atoms with Gasteiger partial charge in [0.15, 0.2) is 5.82 Å². The van der Waals surface area contributed by atoms with E-state index in [1.54, 1.807) is 59.7 Å². The summed E-state index contributed by atoms with van der Waals surface area (Å²) >= 11 is 13.8. The molecule has 3 aromatic rings. The van der Waals surface area contributed by atoms with Gasteiger partial charge in [0, 0.05) is 21.8 Å². The number of carbonyl (C=O) groups excluding carboxylic acids is 3. The van der Waals surface area contributed by atoms with E-state index in [0.29, 0.717) is 5.52 Å². The number of carbonyl (C=O) groups is 4. The third-order valence-electron chi connectivity index (χ3n) is 7.00. The molecule has 0 bridgehead atoms. The number of amides is 2. The van der Waals surface area contributed by atoms with Gasteiger partial charge in [-0.05, 0) is 78.3 Å². The van der Waals surface area contributed by atoms with Gasteiger partial charge in [0.1, 0.15) is 16.9 Å². The number of para-hydroxylation sites is 1. The fraction of sp³-hybridized carbons (Fsp3) is 0.344. The number of benzene rings is 1. The minimum Gasteiger partial charge on any atom is -0.477 e. The van der Waals surface area contributed by atoms with Gasteiger partial charge in [-0.25, -0.2) is 28.9 Å². The molecule has 1 saturated heterocycles. The number of carboxylic acid groups (broad SMARTS) is 1. The Labute approximate surface area is 268 Å². The number of pyridine rings is 1. The first-order valence-electron chi connectivity index (χ1n) is 14.1. The molecule has 0 spiro atoms.